The Balaban J connectivity index is 2.68. The first-order chi connectivity index (χ1) is 12.1. The number of esters is 1. The van der Waals surface area contributed by atoms with Crippen LogP contribution in [-0.4, -0.2) is 32.5 Å². The minimum atomic E-state index is -4.65. The molecular weight excluding hydrogens is 363 g/mol. The molecule has 0 spiro atoms. The van der Waals surface area contributed by atoms with Gasteiger partial charge in [0.05, 0.1) is 13.7 Å². The minimum Gasteiger partial charge on any atom is -0.493 e. The van der Waals surface area contributed by atoms with Crippen molar-refractivity contribution in [1.29, 1.82) is 0 Å². The van der Waals surface area contributed by atoms with E-state index in [1.165, 1.54) is 6.92 Å². The lowest BCUT2D eigenvalue weighted by molar-refractivity contribution is -0.232. The molecule has 9 heteroatoms. The second-order valence-electron chi connectivity index (χ2n) is 5.99. The van der Waals surface area contributed by atoms with E-state index in [9.17, 15) is 26.7 Å². The van der Waals surface area contributed by atoms with Gasteiger partial charge in [-0.1, -0.05) is 0 Å². The highest BCUT2D eigenvalue weighted by Gasteiger charge is 2.55. The summed E-state index contributed by atoms with van der Waals surface area (Å²) in [4.78, 5) is 12.1. The fraction of sp³-hybridized carbons (Fsp3) is 0.471. The number of ether oxygens (including phenoxy) is 3. The standard InChI is InChI=1S/C17H17F5O4/c1-4-25-15(23)14-10(7-16(2,8-26-14)17(20,21)22)9-5-6-11(18)12(19)13(9)24-3/h5-6H,4,7-8H2,1-3H3. The SMILES string of the molecule is CCOC(=O)C1=C(c2ccc(F)c(F)c2OC)CC(C)(C(F)(F)F)CO1. The van der Waals surface area contributed by atoms with Crippen molar-refractivity contribution in [3.8, 4) is 5.75 Å². The summed E-state index contributed by atoms with van der Waals surface area (Å²) in [5.41, 5.74) is -2.79. The minimum absolute atomic E-state index is 0.0373. The van der Waals surface area contributed by atoms with Crippen LogP contribution in [-0.2, 0) is 14.3 Å². The van der Waals surface area contributed by atoms with E-state index in [0.717, 1.165) is 26.2 Å². The molecule has 4 nitrogen and oxygen atoms in total. The average Bonchev–Trinajstić information content (AvgIpc) is 2.56. The number of halogens is 5. The summed E-state index contributed by atoms with van der Waals surface area (Å²) >= 11 is 0. The second kappa shape index (κ2) is 7.13. The molecule has 0 bridgehead atoms. The quantitative estimate of drug-likeness (QED) is 0.579. The zero-order valence-corrected chi connectivity index (χ0v) is 14.3. The molecule has 1 atom stereocenters. The van der Waals surface area contributed by atoms with E-state index in [4.69, 9.17) is 14.2 Å². The largest absolute Gasteiger partial charge is 0.493 e. The molecule has 0 amide bonds. The van der Waals surface area contributed by atoms with E-state index >= 15 is 0 Å². The summed E-state index contributed by atoms with van der Waals surface area (Å²) in [6, 6.07) is 1.78. The molecule has 0 radical (unpaired) electrons. The van der Waals surface area contributed by atoms with Gasteiger partial charge in [0.1, 0.15) is 12.0 Å². The fourth-order valence-corrected chi connectivity index (χ4v) is 2.59. The van der Waals surface area contributed by atoms with Crippen LogP contribution in [0.4, 0.5) is 22.0 Å². The first-order valence-corrected chi connectivity index (χ1v) is 7.68. The van der Waals surface area contributed by atoms with Crippen LogP contribution < -0.4 is 4.74 Å². The van der Waals surface area contributed by atoms with Gasteiger partial charge in [-0.2, -0.15) is 17.6 Å². The van der Waals surface area contributed by atoms with Crippen LogP contribution in [0.25, 0.3) is 5.57 Å². The Bertz CT molecular complexity index is 741. The molecule has 1 aliphatic rings. The van der Waals surface area contributed by atoms with Gasteiger partial charge < -0.3 is 14.2 Å². The summed E-state index contributed by atoms with van der Waals surface area (Å²) < 4.78 is 82.5. The lowest BCUT2D eigenvalue weighted by Crippen LogP contribution is -2.42. The molecular formula is C17H17F5O4. The Morgan fingerprint density at radius 1 is 1.31 bits per heavy atom. The molecule has 0 aromatic heterocycles. The van der Waals surface area contributed by atoms with Crippen LogP contribution in [0.1, 0.15) is 25.8 Å². The van der Waals surface area contributed by atoms with E-state index in [-0.39, 0.29) is 17.7 Å². The Morgan fingerprint density at radius 3 is 2.50 bits per heavy atom. The normalized spacial score (nSPS) is 20.6. The Hall–Kier alpha value is -2.32. The summed E-state index contributed by atoms with van der Waals surface area (Å²) in [6.07, 6.45) is -5.34. The van der Waals surface area contributed by atoms with Crippen molar-refractivity contribution in [1.82, 2.24) is 0 Å². The molecule has 1 aromatic rings. The van der Waals surface area contributed by atoms with Gasteiger partial charge in [-0.15, -0.1) is 0 Å². The van der Waals surface area contributed by atoms with Crippen LogP contribution in [0.2, 0.25) is 0 Å². The van der Waals surface area contributed by atoms with Crippen molar-refractivity contribution in [2.75, 3.05) is 20.3 Å². The molecule has 1 aliphatic heterocycles. The number of carbonyl (C=O) groups is 1. The number of methoxy groups -OCH3 is 1. The van der Waals surface area contributed by atoms with E-state index in [1.807, 2.05) is 0 Å². The number of carbonyl (C=O) groups excluding carboxylic acids is 1. The highest BCUT2D eigenvalue weighted by molar-refractivity contribution is 5.97. The van der Waals surface area contributed by atoms with Crippen LogP contribution in [0, 0.1) is 17.0 Å². The van der Waals surface area contributed by atoms with Gasteiger partial charge in [0.25, 0.3) is 0 Å². The van der Waals surface area contributed by atoms with Gasteiger partial charge in [0.15, 0.2) is 11.6 Å². The van der Waals surface area contributed by atoms with Crippen molar-refractivity contribution < 1.29 is 41.0 Å². The second-order valence-corrected chi connectivity index (χ2v) is 5.99. The van der Waals surface area contributed by atoms with Crippen LogP contribution >= 0.6 is 0 Å². The van der Waals surface area contributed by atoms with Gasteiger partial charge in [0.2, 0.25) is 11.6 Å². The van der Waals surface area contributed by atoms with Gasteiger partial charge >= 0.3 is 12.1 Å². The van der Waals surface area contributed by atoms with Gasteiger partial charge in [0, 0.05) is 11.1 Å². The van der Waals surface area contributed by atoms with Gasteiger partial charge in [-0.25, -0.2) is 9.18 Å². The highest BCUT2D eigenvalue weighted by Crippen LogP contribution is 2.50. The molecule has 0 saturated heterocycles. The smallest absolute Gasteiger partial charge is 0.397 e. The zero-order chi connectivity index (χ0) is 19.7. The molecule has 144 valence electrons. The average molecular weight is 380 g/mol. The Morgan fingerprint density at radius 2 is 1.96 bits per heavy atom. The maximum Gasteiger partial charge on any atom is 0.397 e. The summed E-state index contributed by atoms with van der Waals surface area (Å²) in [6.45, 7) is 1.59. The Labute approximate surface area is 146 Å². The van der Waals surface area contributed by atoms with Gasteiger partial charge in [-0.3, -0.25) is 0 Å². The maximum absolute atomic E-state index is 14.0. The molecule has 0 saturated carbocycles. The Kier molecular flexibility index (Phi) is 5.48. The third-order valence-corrected chi connectivity index (χ3v) is 4.10. The van der Waals surface area contributed by atoms with E-state index < -0.39 is 53.7 Å². The van der Waals surface area contributed by atoms with Crippen molar-refractivity contribution >= 4 is 11.5 Å². The molecule has 0 aliphatic carbocycles. The van der Waals surface area contributed by atoms with E-state index in [2.05, 4.69) is 0 Å². The molecule has 26 heavy (non-hydrogen) atoms. The fourth-order valence-electron chi connectivity index (χ4n) is 2.59. The van der Waals surface area contributed by atoms with E-state index in [0.29, 0.717) is 0 Å². The number of hydrogen-bond donors (Lipinski definition) is 0. The molecule has 1 aromatic carbocycles. The number of rotatable bonds is 4. The first kappa shape index (κ1) is 20.0. The third-order valence-electron chi connectivity index (χ3n) is 4.10. The molecule has 1 unspecified atom stereocenters. The number of hydrogen-bond acceptors (Lipinski definition) is 4. The van der Waals surface area contributed by atoms with Crippen molar-refractivity contribution in [2.45, 2.75) is 26.4 Å². The molecule has 1 heterocycles. The summed E-state index contributed by atoms with van der Waals surface area (Å²) in [5, 5.41) is 0. The summed E-state index contributed by atoms with van der Waals surface area (Å²) in [5.74, 6) is -4.69. The summed E-state index contributed by atoms with van der Waals surface area (Å²) in [7, 11) is 1.04. The maximum atomic E-state index is 14.0. The van der Waals surface area contributed by atoms with Crippen molar-refractivity contribution in [2.24, 2.45) is 5.41 Å². The predicted octanol–water partition coefficient (Wildman–Crippen LogP) is 4.24. The lowest BCUT2D eigenvalue weighted by atomic mass is 9.79. The zero-order valence-electron chi connectivity index (χ0n) is 14.3. The van der Waals surface area contributed by atoms with Gasteiger partial charge in [-0.05, 0) is 32.4 Å². The third kappa shape index (κ3) is 3.47. The lowest BCUT2D eigenvalue weighted by Gasteiger charge is -2.37. The number of benzene rings is 1. The number of allylic oxidation sites excluding steroid dienone is 1. The number of alkyl halides is 3. The van der Waals surface area contributed by atoms with Crippen LogP contribution in [0.3, 0.4) is 0 Å². The molecule has 0 fully saturated rings. The first-order valence-electron chi connectivity index (χ1n) is 7.68. The molecule has 0 N–H and O–H groups in total. The predicted molar refractivity (Wildman–Crippen MR) is 81.2 cm³/mol. The molecule has 2 rings (SSSR count). The van der Waals surface area contributed by atoms with Crippen molar-refractivity contribution in [3.63, 3.8) is 0 Å². The van der Waals surface area contributed by atoms with Crippen LogP contribution in [0.15, 0.2) is 17.9 Å². The monoisotopic (exact) mass is 380 g/mol. The van der Waals surface area contributed by atoms with E-state index in [1.54, 1.807) is 0 Å². The van der Waals surface area contributed by atoms with Crippen molar-refractivity contribution in [3.05, 3.63) is 35.1 Å². The highest BCUT2D eigenvalue weighted by atomic mass is 19.4. The topological polar surface area (TPSA) is 44.8 Å². The van der Waals surface area contributed by atoms with Crippen LogP contribution in [0.5, 0.6) is 5.75 Å².